The van der Waals surface area contributed by atoms with Crippen LogP contribution in [0.3, 0.4) is 0 Å². The second kappa shape index (κ2) is 27.1. The quantitative estimate of drug-likeness (QED) is 0.102. The molecule has 3 heterocycles. The van der Waals surface area contributed by atoms with Gasteiger partial charge < -0.3 is 43.2 Å². The first-order valence-electron chi connectivity index (χ1n) is 26.9. The molecule has 2 N–H and O–H groups in total. The molecule has 3 aliphatic heterocycles. The third-order valence-corrected chi connectivity index (χ3v) is 21.2. The summed E-state index contributed by atoms with van der Waals surface area (Å²) in [5.74, 6) is -7.77. The van der Waals surface area contributed by atoms with E-state index in [-0.39, 0.29) is 66.0 Å². The van der Waals surface area contributed by atoms with E-state index in [1.807, 2.05) is 58.1 Å². The molecule has 15 atom stereocenters. The number of allylic oxidation sites excluding steroid dienone is 6. The highest BCUT2D eigenvalue weighted by Crippen LogP contribution is 2.42. The molecule has 0 spiro atoms. The minimum absolute atomic E-state index is 0.0209. The summed E-state index contributed by atoms with van der Waals surface area (Å²) in [6.07, 6.45) is 12.7. The number of ketones is 3. The van der Waals surface area contributed by atoms with Gasteiger partial charge in [-0.2, -0.15) is 0 Å². The Bertz CT molecular complexity index is 1970. The summed E-state index contributed by atoms with van der Waals surface area (Å²) in [4.78, 5) is 72.7. The van der Waals surface area contributed by atoms with E-state index in [2.05, 4.69) is 33.9 Å². The van der Waals surface area contributed by atoms with E-state index in [4.69, 9.17) is 28.1 Å². The average molecular weight is 1030 g/mol. The number of hydrogen-bond acceptors (Lipinski definition) is 13. The van der Waals surface area contributed by atoms with Gasteiger partial charge in [0.2, 0.25) is 5.79 Å². The van der Waals surface area contributed by atoms with Crippen molar-refractivity contribution in [3.05, 3.63) is 47.6 Å². The molecular weight excluding hydrogens is 935 g/mol. The molecule has 0 unspecified atom stereocenters. The lowest BCUT2D eigenvalue weighted by Crippen LogP contribution is -2.61. The van der Waals surface area contributed by atoms with Gasteiger partial charge in [0.1, 0.15) is 30.1 Å². The minimum Gasteiger partial charge on any atom is -0.460 e. The Morgan fingerprint density at radius 1 is 0.847 bits per heavy atom. The molecule has 1 amide bonds. The predicted octanol–water partition coefficient (Wildman–Crippen LogP) is 9.21. The molecule has 72 heavy (non-hydrogen) atoms. The van der Waals surface area contributed by atoms with Crippen LogP contribution in [0.1, 0.15) is 146 Å². The summed E-state index contributed by atoms with van der Waals surface area (Å²) < 4.78 is 37.0. The number of fused-ring (bicyclic) bond motifs is 3. The van der Waals surface area contributed by atoms with Crippen molar-refractivity contribution in [1.82, 2.24) is 4.90 Å². The first kappa shape index (κ1) is 61.4. The van der Waals surface area contributed by atoms with E-state index in [9.17, 15) is 34.2 Å². The Labute approximate surface area is 433 Å². The molecule has 0 aromatic carbocycles. The summed E-state index contributed by atoms with van der Waals surface area (Å²) in [5.41, 5.74) is 1.29. The smallest absolute Gasteiger partial charge is 0.329 e. The molecule has 0 aromatic rings. The first-order chi connectivity index (χ1) is 33.7. The number of ether oxygens (including phenoxy) is 5. The molecule has 1 aliphatic carbocycles. The highest BCUT2D eigenvalue weighted by Gasteiger charge is 2.53. The van der Waals surface area contributed by atoms with Gasteiger partial charge in [0.15, 0.2) is 14.1 Å². The largest absolute Gasteiger partial charge is 0.460 e. The number of esters is 1. The lowest BCUT2D eigenvalue weighted by molar-refractivity contribution is -0.265. The number of amides is 1. The van der Waals surface area contributed by atoms with Gasteiger partial charge in [-0.25, -0.2) is 4.79 Å². The Balaban J connectivity index is 1.70. The Kier molecular flexibility index (Phi) is 23.1. The molecule has 2 saturated heterocycles. The van der Waals surface area contributed by atoms with Crippen LogP contribution >= 0.6 is 0 Å². The number of methoxy groups -OCH3 is 3. The lowest BCUT2D eigenvalue weighted by Gasteiger charge is -2.44. The Morgan fingerprint density at radius 2 is 1.54 bits per heavy atom. The molecule has 15 heteroatoms. The molecule has 0 radical (unpaired) electrons. The van der Waals surface area contributed by atoms with Gasteiger partial charge in [-0.05, 0) is 125 Å². The number of aliphatic hydroxyl groups is 2. The third-order valence-electron chi connectivity index (χ3n) is 16.7. The molecule has 408 valence electrons. The van der Waals surface area contributed by atoms with Crippen molar-refractivity contribution < 1.29 is 62.3 Å². The zero-order valence-corrected chi connectivity index (χ0v) is 47.6. The molecule has 14 nitrogen and oxygen atoms in total. The zero-order valence-electron chi connectivity index (χ0n) is 46.6. The first-order valence-corrected chi connectivity index (χ1v) is 29.8. The van der Waals surface area contributed by atoms with E-state index < -0.39 is 86.1 Å². The summed E-state index contributed by atoms with van der Waals surface area (Å²) in [6, 6.07) is -1.13. The van der Waals surface area contributed by atoms with E-state index in [1.54, 1.807) is 41.1 Å². The fraction of sp³-hybridized carbons (Fsp3) is 0.772. The number of carbonyl (C=O) groups is 5. The molecule has 3 fully saturated rings. The van der Waals surface area contributed by atoms with Crippen LogP contribution in [-0.2, 0) is 52.1 Å². The molecule has 2 bridgehead atoms. The van der Waals surface area contributed by atoms with E-state index in [1.165, 1.54) is 12.0 Å². The number of Topliss-reactive ketones (excluding diaryl/α,β-unsaturated/α-hetero) is 3. The topological polar surface area (TPSA) is 184 Å². The number of nitrogens with zero attached hydrogens (tertiary/aromatic N) is 1. The Morgan fingerprint density at radius 3 is 2.18 bits per heavy atom. The van der Waals surface area contributed by atoms with Crippen molar-refractivity contribution in [1.29, 1.82) is 0 Å². The van der Waals surface area contributed by atoms with Crippen LogP contribution in [0.4, 0.5) is 0 Å². The van der Waals surface area contributed by atoms with Gasteiger partial charge in [0, 0.05) is 58.5 Å². The lowest BCUT2D eigenvalue weighted by atomic mass is 9.78. The second-order valence-electron chi connectivity index (χ2n) is 23.4. The maximum absolute atomic E-state index is 14.6. The van der Waals surface area contributed by atoms with Gasteiger partial charge in [-0.3, -0.25) is 19.2 Å². The van der Waals surface area contributed by atoms with Crippen LogP contribution in [0.15, 0.2) is 47.6 Å². The highest BCUT2D eigenvalue weighted by atomic mass is 28.4. The monoisotopic (exact) mass is 1030 g/mol. The second-order valence-corrected chi connectivity index (χ2v) is 28.2. The fourth-order valence-corrected chi connectivity index (χ4v) is 12.2. The number of cyclic esters (lactones) is 1. The minimum atomic E-state index is -2.43. The van der Waals surface area contributed by atoms with E-state index in [0.29, 0.717) is 50.5 Å². The van der Waals surface area contributed by atoms with Gasteiger partial charge >= 0.3 is 5.97 Å². The summed E-state index contributed by atoms with van der Waals surface area (Å²) in [5, 5.41) is 23.6. The van der Waals surface area contributed by atoms with Crippen molar-refractivity contribution in [2.75, 3.05) is 27.9 Å². The zero-order chi connectivity index (χ0) is 53.9. The van der Waals surface area contributed by atoms with Crippen molar-refractivity contribution in [3.63, 3.8) is 0 Å². The van der Waals surface area contributed by atoms with Gasteiger partial charge in [-0.15, -0.1) is 0 Å². The van der Waals surface area contributed by atoms with Crippen LogP contribution in [0.25, 0.3) is 0 Å². The number of hydrogen-bond donors (Lipinski definition) is 2. The SMILES string of the molecule is CO[C@H]1C[C@@H]2CC[C@@H](C)[C@@](O)(O2)C(=O)C(=O)N2CCCC[C@H]2C(=O)O[C@H]([C@H](C)C[C@@H]2CC[C@@H](O[Si](C)(C)C(C)(C)C)[C@H](OC)C2)CC(=O)[C@H](C)/C=C(\C)[C@@H](O)[C@@H](OC)C(=O)[C@H](C)C[C@H](C)/C=C/C=CC=C1C. The van der Waals surface area contributed by atoms with Crippen molar-refractivity contribution >= 4 is 37.5 Å². The normalized spacial score (nSPS) is 37.0. The summed E-state index contributed by atoms with van der Waals surface area (Å²) >= 11 is 0. The van der Waals surface area contributed by atoms with E-state index >= 15 is 0 Å². The maximum atomic E-state index is 14.6. The van der Waals surface area contributed by atoms with Crippen LogP contribution < -0.4 is 0 Å². The summed E-state index contributed by atoms with van der Waals surface area (Å²) in [6.45, 7) is 24.1. The standard InChI is InChI=1S/C57H93NO13Si/c1-35-21-17-16-18-22-36(2)47(66-11)33-43-26-24-41(7)57(65,70-43)53(62)54(63)58-28-20-19-23-44(58)55(64)69-48(34-45(59)37(3)30-40(6)51(61)52(68-13)50(60)39(5)29-35)38(4)31-42-25-27-46(49(32-42)67-12)71-72(14,15)56(8,9)10/h16-18,21-22,30,35,37-39,41-44,46-49,51-52,61,65H,19-20,23-29,31-34H2,1-15H3/b18-16?,21-17+,36-22?,40-30+/t35-,37-,38-,39-,41-,42+,43+,44+,46-,47+,48+,49-,51-,52+,57-/m1/s1. The van der Waals surface area contributed by atoms with Crippen LogP contribution in [0, 0.1) is 35.5 Å². The highest BCUT2D eigenvalue weighted by molar-refractivity contribution is 6.74. The number of carbonyl (C=O) groups excluding carboxylic acids is 5. The molecule has 1 saturated carbocycles. The van der Waals surface area contributed by atoms with Gasteiger partial charge in [0.05, 0.1) is 24.4 Å². The molecule has 0 aromatic heterocycles. The van der Waals surface area contributed by atoms with Crippen molar-refractivity contribution in [3.8, 4) is 0 Å². The predicted molar refractivity (Wildman–Crippen MR) is 281 cm³/mol. The van der Waals surface area contributed by atoms with E-state index in [0.717, 1.165) is 24.8 Å². The third kappa shape index (κ3) is 15.9. The molecule has 4 rings (SSSR count). The van der Waals surface area contributed by atoms with Crippen molar-refractivity contribution in [2.24, 2.45) is 35.5 Å². The van der Waals surface area contributed by atoms with Crippen LogP contribution in [0.5, 0.6) is 0 Å². The van der Waals surface area contributed by atoms with Gasteiger partial charge in [0.25, 0.3) is 11.7 Å². The maximum Gasteiger partial charge on any atom is 0.329 e. The number of rotatable bonds is 8. The fourth-order valence-electron chi connectivity index (χ4n) is 10.8. The van der Waals surface area contributed by atoms with Crippen LogP contribution in [-0.4, -0.2) is 135 Å². The average Bonchev–Trinajstić information content (AvgIpc) is 3.32. The molecule has 4 aliphatic rings. The number of piperidine rings is 1. The van der Waals surface area contributed by atoms with Gasteiger partial charge in [-0.1, -0.05) is 91.8 Å². The van der Waals surface area contributed by atoms with Crippen LogP contribution in [0.2, 0.25) is 18.1 Å². The number of aliphatic hydroxyl groups excluding tert-OH is 1. The summed E-state index contributed by atoms with van der Waals surface area (Å²) in [7, 11) is 2.61. The molecular formula is C57H93NO13Si. The Hall–Kier alpha value is -3.15. The van der Waals surface area contributed by atoms with Crippen molar-refractivity contribution in [2.45, 2.75) is 219 Å².